The Labute approximate surface area is 236 Å². The molecule has 2 aromatic heterocycles. The molecule has 0 atom stereocenters. The van der Waals surface area contributed by atoms with E-state index in [9.17, 15) is 19.4 Å². The summed E-state index contributed by atoms with van der Waals surface area (Å²) < 4.78 is 23.2. The molecule has 0 unspecified atom stereocenters. The van der Waals surface area contributed by atoms with E-state index in [0.29, 0.717) is 60.0 Å². The van der Waals surface area contributed by atoms with E-state index in [-0.39, 0.29) is 18.1 Å². The largest absolute Gasteiger partial charge is 0.493 e. The number of aliphatic hydroxyl groups excluding tert-OH is 1. The number of aliphatic hydroxyl groups is 1. The van der Waals surface area contributed by atoms with Gasteiger partial charge < -0.3 is 19.5 Å². The summed E-state index contributed by atoms with van der Waals surface area (Å²) in [5.41, 5.74) is 4.48. The number of ether oxygens (including phenoxy) is 1. The number of carbonyl (C=O) groups is 1. The second-order valence-corrected chi connectivity index (χ2v) is 10.1. The highest BCUT2D eigenvalue weighted by Crippen LogP contribution is 2.42. The lowest BCUT2D eigenvalue weighted by molar-refractivity contribution is 0.0684. The summed E-state index contributed by atoms with van der Waals surface area (Å²) in [6.45, 7) is 4.44. The standard InChI is InChI=1S/C31H31ClFN3O4/c1-4-24-28(25(17-37)35(3)34-24)27-23(32)14-13-22-21(30(31(38)39)36(5-2)29(22)27)9-7-15-40-26-10-6-8-18-16-19(33)11-12-20(18)26/h6,8,10-14,16,37H,4-5,7,9,15,17H2,1-3H3,(H,38,39). The Morgan fingerprint density at radius 2 is 1.88 bits per heavy atom. The first-order valence-corrected chi connectivity index (χ1v) is 13.7. The topological polar surface area (TPSA) is 89.5 Å². The van der Waals surface area contributed by atoms with Crippen LogP contribution in [0, 0.1) is 5.82 Å². The lowest BCUT2D eigenvalue weighted by Gasteiger charge is -2.13. The first-order valence-electron chi connectivity index (χ1n) is 13.3. The molecule has 208 valence electrons. The summed E-state index contributed by atoms with van der Waals surface area (Å²) in [5.74, 6) is -0.668. The molecule has 5 rings (SSSR count). The molecule has 2 N–H and O–H groups in total. The molecule has 2 heterocycles. The Bertz CT molecular complexity index is 1740. The molecule has 9 heteroatoms. The number of aryl methyl sites for hydroxylation is 4. The van der Waals surface area contributed by atoms with Crippen LogP contribution in [0.5, 0.6) is 5.75 Å². The highest BCUT2D eigenvalue weighted by atomic mass is 35.5. The fraction of sp³-hybridized carbons (Fsp3) is 0.290. The zero-order valence-electron chi connectivity index (χ0n) is 22.7. The summed E-state index contributed by atoms with van der Waals surface area (Å²) in [6.07, 6.45) is 1.65. The molecular formula is C31H31ClFN3O4. The fourth-order valence-electron chi connectivity index (χ4n) is 5.66. The molecule has 0 aliphatic carbocycles. The third-order valence-electron chi connectivity index (χ3n) is 7.40. The van der Waals surface area contributed by atoms with Crippen molar-refractivity contribution in [2.45, 2.75) is 46.3 Å². The maximum Gasteiger partial charge on any atom is 0.352 e. The number of aromatic nitrogens is 3. The number of fused-ring (bicyclic) bond motifs is 2. The van der Waals surface area contributed by atoms with Crippen LogP contribution in [0.15, 0.2) is 48.5 Å². The SMILES string of the molecule is CCc1nn(C)c(CO)c1-c1c(Cl)ccc2c(CCCOc3cccc4cc(F)ccc34)c(C(=O)O)n(CC)c12. The van der Waals surface area contributed by atoms with Crippen molar-refractivity contribution in [1.29, 1.82) is 0 Å². The number of rotatable bonds is 10. The zero-order chi connectivity index (χ0) is 28.6. The van der Waals surface area contributed by atoms with Crippen molar-refractivity contribution in [3.63, 3.8) is 0 Å². The number of carboxylic acid groups (broad SMARTS) is 1. The van der Waals surface area contributed by atoms with Gasteiger partial charge in [0, 0.05) is 35.5 Å². The Hall–Kier alpha value is -3.88. The minimum atomic E-state index is -1.02. The Kier molecular flexibility index (Phi) is 7.83. The van der Waals surface area contributed by atoms with Crippen molar-refractivity contribution in [1.82, 2.24) is 14.3 Å². The van der Waals surface area contributed by atoms with Gasteiger partial charge in [-0.2, -0.15) is 5.10 Å². The number of benzene rings is 3. The van der Waals surface area contributed by atoms with E-state index in [0.717, 1.165) is 32.9 Å². The lowest BCUT2D eigenvalue weighted by Crippen LogP contribution is -2.11. The molecule has 0 aliphatic heterocycles. The number of hydrogen-bond acceptors (Lipinski definition) is 4. The van der Waals surface area contributed by atoms with Crippen LogP contribution in [0.2, 0.25) is 5.02 Å². The predicted octanol–water partition coefficient (Wildman–Crippen LogP) is 6.77. The van der Waals surface area contributed by atoms with Crippen molar-refractivity contribution >= 4 is 39.2 Å². The van der Waals surface area contributed by atoms with E-state index in [2.05, 4.69) is 5.10 Å². The molecule has 0 spiro atoms. The number of hydrogen-bond donors (Lipinski definition) is 2. The summed E-state index contributed by atoms with van der Waals surface area (Å²) in [7, 11) is 1.78. The molecule has 0 bridgehead atoms. The maximum absolute atomic E-state index is 13.7. The van der Waals surface area contributed by atoms with E-state index in [1.165, 1.54) is 12.1 Å². The second kappa shape index (κ2) is 11.3. The third kappa shape index (κ3) is 4.71. The van der Waals surface area contributed by atoms with Crippen molar-refractivity contribution in [2.75, 3.05) is 6.61 Å². The van der Waals surface area contributed by atoms with Crippen LogP contribution in [0.25, 0.3) is 32.8 Å². The summed E-state index contributed by atoms with van der Waals surface area (Å²) in [5, 5.41) is 27.9. The van der Waals surface area contributed by atoms with Gasteiger partial charge in [0.15, 0.2) is 0 Å². The summed E-state index contributed by atoms with van der Waals surface area (Å²) in [6, 6.07) is 13.7. The van der Waals surface area contributed by atoms with Crippen molar-refractivity contribution in [2.24, 2.45) is 7.05 Å². The fourth-order valence-corrected chi connectivity index (χ4v) is 5.91. The predicted molar refractivity (Wildman–Crippen MR) is 155 cm³/mol. The average Bonchev–Trinajstić information content (AvgIpc) is 3.44. The van der Waals surface area contributed by atoms with Crippen molar-refractivity contribution in [3.05, 3.63) is 82.0 Å². The van der Waals surface area contributed by atoms with Gasteiger partial charge in [-0.25, -0.2) is 9.18 Å². The monoisotopic (exact) mass is 563 g/mol. The quantitative estimate of drug-likeness (QED) is 0.183. The molecule has 0 saturated heterocycles. The van der Waals surface area contributed by atoms with Gasteiger partial charge in [-0.15, -0.1) is 0 Å². The van der Waals surface area contributed by atoms with E-state index in [4.69, 9.17) is 16.3 Å². The van der Waals surface area contributed by atoms with E-state index < -0.39 is 5.97 Å². The number of nitrogens with zero attached hydrogens (tertiary/aromatic N) is 3. The van der Waals surface area contributed by atoms with Gasteiger partial charge in [0.25, 0.3) is 0 Å². The smallest absolute Gasteiger partial charge is 0.352 e. The number of carboxylic acids is 1. The van der Waals surface area contributed by atoms with Gasteiger partial charge in [0.2, 0.25) is 0 Å². The Balaban J connectivity index is 1.55. The highest BCUT2D eigenvalue weighted by molar-refractivity contribution is 6.35. The molecule has 0 amide bonds. The molecule has 0 radical (unpaired) electrons. The second-order valence-electron chi connectivity index (χ2n) is 9.67. The van der Waals surface area contributed by atoms with Crippen LogP contribution in [0.3, 0.4) is 0 Å². The minimum absolute atomic E-state index is 0.217. The van der Waals surface area contributed by atoms with Crippen LogP contribution in [-0.2, 0) is 33.0 Å². The van der Waals surface area contributed by atoms with Crippen LogP contribution >= 0.6 is 11.6 Å². The minimum Gasteiger partial charge on any atom is -0.493 e. The van der Waals surface area contributed by atoms with Gasteiger partial charge in [0.05, 0.1) is 35.1 Å². The average molecular weight is 564 g/mol. The Morgan fingerprint density at radius 1 is 1.10 bits per heavy atom. The number of aromatic carboxylic acids is 1. The zero-order valence-corrected chi connectivity index (χ0v) is 23.4. The number of halogens is 2. The first-order chi connectivity index (χ1) is 19.3. The first kappa shape index (κ1) is 27.7. The van der Waals surface area contributed by atoms with Crippen LogP contribution < -0.4 is 4.74 Å². The molecule has 0 aliphatic rings. The Morgan fingerprint density at radius 3 is 2.58 bits per heavy atom. The van der Waals surface area contributed by atoms with Crippen LogP contribution in [0.4, 0.5) is 4.39 Å². The lowest BCUT2D eigenvalue weighted by atomic mass is 9.97. The molecule has 0 fully saturated rings. The highest BCUT2D eigenvalue weighted by Gasteiger charge is 2.28. The molecule has 5 aromatic rings. The van der Waals surface area contributed by atoms with E-state index >= 15 is 0 Å². The third-order valence-corrected chi connectivity index (χ3v) is 7.72. The van der Waals surface area contributed by atoms with Crippen LogP contribution in [0.1, 0.15) is 47.7 Å². The van der Waals surface area contributed by atoms with Gasteiger partial charge >= 0.3 is 5.97 Å². The summed E-state index contributed by atoms with van der Waals surface area (Å²) in [4.78, 5) is 12.6. The van der Waals surface area contributed by atoms with E-state index in [1.807, 2.05) is 38.1 Å². The van der Waals surface area contributed by atoms with E-state index in [1.54, 1.807) is 28.4 Å². The van der Waals surface area contributed by atoms with Gasteiger partial charge in [-0.3, -0.25) is 4.68 Å². The normalized spacial score (nSPS) is 11.6. The van der Waals surface area contributed by atoms with Gasteiger partial charge in [0.1, 0.15) is 17.3 Å². The van der Waals surface area contributed by atoms with Crippen LogP contribution in [-0.4, -0.2) is 37.1 Å². The molecule has 0 saturated carbocycles. The molecule has 3 aromatic carbocycles. The molecule has 40 heavy (non-hydrogen) atoms. The van der Waals surface area contributed by atoms with Crippen molar-refractivity contribution < 1.29 is 24.1 Å². The van der Waals surface area contributed by atoms with Gasteiger partial charge in [-0.05, 0) is 67.5 Å². The molecular weight excluding hydrogens is 533 g/mol. The summed E-state index contributed by atoms with van der Waals surface area (Å²) >= 11 is 6.80. The maximum atomic E-state index is 13.7. The van der Waals surface area contributed by atoms with Crippen molar-refractivity contribution in [3.8, 4) is 16.9 Å². The molecule has 7 nitrogen and oxygen atoms in total. The van der Waals surface area contributed by atoms with Gasteiger partial charge in [-0.1, -0.05) is 36.7 Å².